The molecule has 4 heterocycles. The average Bonchev–Trinajstić information content (AvgIpc) is 3.82. The van der Waals surface area contributed by atoms with Gasteiger partial charge in [0.2, 0.25) is 11.8 Å². The highest BCUT2D eigenvalue weighted by Gasteiger charge is 2.57. The minimum absolute atomic E-state index is 0.109. The lowest BCUT2D eigenvalue weighted by atomic mass is 10.0. The second-order valence-electron chi connectivity index (χ2n) is 15.8. The quantitative estimate of drug-likeness (QED) is 0.185. The highest BCUT2D eigenvalue weighted by Crippen LogP contribution is 2.54. The van der Waals surface area contributed by atoms with Gasteiger partial charge in [0, 0.05) is 23.2 Å². The van der Waals surface area contributed by atoms with E-state index < -0.39 is 24.3 Å². The van der Waals surface area contributed by atoms with Crippen molar-refractivity contribution in [3.8, 4) is 11.8 Å². The van der Waals surface area contributed by atoms with E-state index in [4.69, 9.17) is 19.4 Å². The van der Waals surface area contributed by atoms with Crippen molar-refractivity contribution in [2.45, 2.75) is 89.6 Å². The van der Waals surface area contributed by atoms with Gasteiger partial charge in [-0.05, 0) is 85.8 Å². The molecule has 4 aliphatic rings. The second kappa shape index (κ2) is 13.7. The number of nitrogens with zero attached hydrogens (tertiary/aromatic N) is 4. The number of carbonyl (C=O) groups excluding carboxylic acids is 4. The summed E-state index contributed by atoms with van der Waals surface area (Å²) in [5, 5.41) is 5.46. The summed E-state index contributed by atoms with van der Waals surface area (Å²) in [5.41, 5.74) is 4.88. The van der Waals surface area contributed by atoms with E-state index in [0.29, 0.717) is 11.8 Å². The first kappa shape index (κ1) is 35.4. The standard InChI is InChI=1S/C40H46N8O6/c1-19(2)33(45-39(51)53-5)37(49)47-29-15-23(29)17-31(47)35-41-25-11-9-21(13-27(25)43-35)7-8-22-10-12-26-28(14-22)44-36(42-26)32-18-24-16-30(24)48(32)38(50)34(20(3)4)46-40(52)54-6/h9-14,19-20,23-24,29-34H,15-18H2,1-6H3,(H,41,43)(H,42,44)(H,45,51)(H,46,52). The Morgan fingerprint density at radius 1 is 0.685 bits per heavy atom. The summed E-state index contributed by atoms with van der Waals surface area (Å²) in [4.78, 5) is 72.2. The van der Waals surface area contributed by atoms with E-state index in [1.165, 1.54) is 14.2 Å². The Bertz CT molecular complexity index is 2060. The van der Waals surface area contributed by atoms with Crippen molar-refractivity contribution in [1.82, 2.24) is 40.4 Å². The number of hydrogen-bond acceptors (Lipinski definition) is 8. The molecular formula is C40H46N8O6. The van der Waals surface area contributed by atoms with E-state index in [1.54, 1.807) is 0 Å². The van der Waals surface area contributed by atoms with Crippen molar-refractivity contribution in [3.63, 3.8) is 0 Å². The minimum atomic E-state index is -0.690. The summed E-state index contributed by atoms with van der Waals surface area (Å²) >= 11 is 0. The molecule has 0 bridgehead atoms. The van der Waals surface area contributed by atoms with Gasteiger partial charge in [-0.15, -0.1) is 0 Å². The number of alkyl carbamates (subject to hydrolysis) is 2. The SMILES string of the molecule is COC(=O)NC(C(=O)N1C(c2nc3ccc(C#Cc4ccc5nc(C6CC7CC7N6C(=O)C(NC(=O)OC)C(C)C)[nH]c5c4)cc3[nH]2)CC2CC21)C(C)C. The van der Waals surface area contributed by atoms with E-state index in [-0.39, 0.29) is 47.8 Å². The maximum absolute atomic E-state index is 13.8. The zero-order valence-corrected chi connectivity index (χ0v) is 31.3. The number of imidazole rings is 2. The van der Waals surface area contributed by atoms with Crippen LogP contribution < -0.4 is 10.6 Å². The van der Waals surface area contributed by atoms with Crippen LogP contribution in [0.3, 0.4) is 0 Å². The number of piperidine rings is 2. The number of fused-ring (bicyclic) bond motifs is 4. The zero-order chi connectivity index (χ0) is 38.0. The number of aromatic nitrogens is 4. The molecule has 4 fully saturated rings. The Labute approximate surface area is 313 Å². The van der Waals surface area contributed by atoms with Crippen molar-refractivity contribution in [2.24, 2.45) is 23.7 Å². The number of hydrogen-bond donors (Lipinski definition) is 4. The van der Waals surface area contributed by atoms with Crippen LogP contribution in [0, 0.1) is 35.5 Å². The lowest BCUT2D eigenvalue weighted by Crippen LogP contribution is -2.52. The van der Waals surface area contributed by atoms with Crippen LogP contribution in [0.5, 0.6) is 0 Å². The first-order valence-corrected chi connectivity index (χ1v) is 18.8. The van der Waals surface area contributed by atoms with Crippen LogP contribution in [0.2, 0.25) is 0 Å². The predicted molar refractivity (Wildman–Crippen MR) is 199 cm³/mol. The van der Waals surface area contributed by atoms with Crippen LogP contribution in [0.1, 0.15) is 88.2 Å². The van der Waals surface area contributed by atoms with E-state index >= 15 is 0 Å². The van der Waals surface area contributed by atoms with Gasteiger partial charge in [-0.1, -0.05) is 39.5 Å². The maximum Gasteiger partial charge on any atom is 0.407 e. The molecule has 14 nitrogen and oxygen atoms in total. The van der Waals surface area contributed by atoms with E-state index in [0.717, 1.165) is 70.5 Å². The fraction of sp³-hybridized carbons (Fsp3) is 0.500. The van der Waals surface area contributed by atoms with Gasteiger partial charge in [-0.25, -0.2) is 19.6 Å². The number of methoxy groups -OCH3 is 2. The van der Waals surface area contributed by atoms with Crippen molar-refractivity contribution in [2.75, 3.05) is 14.2 Å². The molecular weight excluding hydrogens is 688 g/mol. The first-order chi connectivity index (χ1) is 25.9. The van der Waals surface area contributed by atoms with E-state index in [1.807, 2.05) is 73.9 Å². The third-order valence-corrected chi connectivity index (χ3v) is 11.5. The summed E-state index contributed by atoms with van der Waals surface area (Å²) in [7, 11) is 2.59. The molecule has 8 atom stereocenters. The molecule has 2 aromatic heterocycles. The molecule has 2 saturated heterocycles. The maximum atomic E-state index is 13.8. The normalized spacial score (nSPS) is 24.8. The molecule has 14 heteroatoms. The minimum Gasteiger partial charge on any atom is -0.453 e. The zero-order valence-electron chi connectivity index (χ0n) is 31.3. The number of carbonyl (C=O) groups is 4. The number of benzene rings is 2. The molecule has 4 N–H and O–H groups in total. The topological polar surface area (TPSA) is 175 Å². The van der Waals surface area contributed by atoms with E-state index in [2.05, 4.69) is 32.4 Å². The number of likely N-dealkylation sites (tertiary alicyclic amines) is 2. The molecule has 2 aliphatic heterocycles. The van der Waals surface area contributed by atoms with Gasteiger partial charge in [-0.2, -0.15) is 0 Å². The Kier molecular flexibility index (Phi) is 8.98. The van der Waals surface area contributed by atoms with Gasteiger partial charge in [0.25, 0.3) is 0 Å². The molecule has 0 spiro atoms. The van der Waals surface area contributed by atoms with Crippen LogP contribution in [-0.4, -0.2) is 92.1 Å². The summed E-state index contributed by atoms with van der Waals surface area (Å²) in [5.74, 6) is 8.44. The van der Waals surface area contributed by atoms with Crippen LogP contribution in [0.4, 0.5) is 9.59 Å². The van der Waals surface area contributed by atoms with Crippen LogP contribution in [-0.2, 0) is 19.1 Å². The number of ether oxygens (including phenoxy) is 2. The number of nitrogens with one attached hydrogen (secondary N) is 4. The van der Waals surface area contributed by atoms with Gasteiger partial charge >= 0.3 is 12.2 Å². The molecule has 2 aromatic carbocycles. The molecule has 2 saturated carbocycles. The highest BCUT2D eigenvalue weighted by atomic mass is 16.5. The number of aromatic amines is 2. The van der Waals surface area contributed by atoms with Crippen LogP contribution in [0.25, 0.3) is 22.1 Å². The summed E-state index contributed by atoms with van der Waals surface area (Å²) < 4.78 is 9.58. The second-order valence-corrected chi connectivity index (χ2v) is 15.8. The van der Waals surface area contributed by atoms with Crippen LogP contribution >= 0.6 is 0 Å². The summed E-state index contributed by atoms with van der Waals surface area (Å²) in [6.45, 7) is 7.65. The van der Waals surface area contributed by atoms with Crippen molar-refractivity contribution in [3.05, 3.63) is 59.2 Å². The Morgan fingerprint density at radius 3 is 1.46 bits per heavy atom. The first-order valence-electron chi connectivity index (χ1n) is 18.8. The summed E-state index contributed by atoms with van der Waals surface area (Å²) in [6.07, 6.45) is 2.33. The number of rotatable bonds is 8. The molecule has 2 aliphatic carbocycles. The van der Waals surface area contributed by atoms with E-state index in [9.17, 15) is 19.2 Å². The van der Waals surface area contributed by atoms with Gasteiger partial charge in [-0.3, -0.25) is 9.59 Å². The highest BCUT2D eigenvalue weighted by molar-refractivity contribution is 5.88. The van der Waals surface area contributed by atoms with Crippen molar-refractivity contribution < 1.29 is 28.7 Å². The summed E-state index contributed by atoms with van der Waals surface area (Å²) in [6, 6.07) is 10.2. The fourth-order valence-corrected chi connectivity index (χ4v) is 8.43. The molecule has 54 heavy (non-hydrogen) atoms. The van der Waals surface area contributed by atoms with Crippen molar-refractivity contribution in [1.29, 1.82) is 0 Å². The molecule has 0 radical (unpaired) electrons. The molecule has 282 valence electrons. The molecule has 8 unspecified atom stereocenters. The van der Waals surface area contributed by atoms with Gasteiger partial charge in [0.05, 0.1) is 48.4 Å². The number of H-pyrrole nitrogens is 2. The third kappa shape index (κ3) is 6.50. The molecule has 4 amide bonds. The fourth-order valence-electron chi connectivity index (χ4n) is 8.43. The molecule has 8 rings (SSSR count). The Balaban J connectivity index is 0.993. The van der Waals surface area contributed by atoms with Crippen LogP contribution in [0.15, 0.2) is 36.4 Å². The van der Waals surface area contributed by atoms with Crippen molar-refractivity contribution >= 4 is 46.1 Å². The third-order valence-electron chi connectivity index (χ3n) is 11.5. The smallest absolute Gasteiger partial charge is 0.407 e. The lowest BCUT2D eigenvalue weighted by Gasteiger charge is -2.31. The Hall–Kier alpha value is -5.58. The molecule has 4 aromatic rings. The largest absolute Gasteiger partial charge is 0.453 e. The van der Waals surface area contributed by atoms with Gasteiger partial charge in [0.1, 0.15) is 23.7 Å². The monoisotopic (exact) mass is 734 g/mol. The van der Waals surface area contributed by atoms with Gasteiger partial charge in [0.15, 0.2) is 0 Å². The predicted octanol–water partition coefficient (Wildman–Crippen LogP) is 4.92. The lowest BCUT2D eigenvalue weighted by molar-refractivity contribution is -0.137. The Morgan fingerprint density at radius 2 is 1.09 bits per heavy atom. The average molecular weight is 735 g/mol. The number of amides is 4. The van der Waals surface area contributed by atoms with Gasteiger partial charge < -0.3 is 39.9 Å².